The largest absolute Gasteiger partial charge is 0 e. The third-order valence-electron chi connectivity index (χ3n) is 10.7. The number of nitrogens with zero attached hydrogens (tertiary/aromatic N) is 4. The van der Waals surface area contributed by atoms with Gasteiger partial charge in [0.05, 0.1) is 0 Å². The molecule has 5 nitrogen and oxygen atoms in total. The first-order chi connectivity index (χ1) is 28.2. The van der Waals surface area contributed by atoms with E-state index in [2.05, 4.69) is 196 Å². The monoisotopic (exact) mass is 1040 g/mol. The molecule has 1 aliphatic rings. The quantitative estimate of drug-likeness (QED) is 0.118. The number of hydrogen-bond acceptors (Lipinski definition) is 4. The van der Waals surface area contributed by atoms with E-state index < -0.39 is 20.4 Å². The summed E-state index contributed by atoms with van der Waals surface area (Å²) in [6, 6.07) is 66.7. The zero-order chi connectivity index (χ0) is 37.9. The van der Waals surface area contributed by atoms with Gasteiger partial charge in [-0.25, -0.2) is 0 Å². The number of para-hydroxylation sites is 4. The van der Waals surface area contributed by atoms with Crippen molar-refractivity contribution in [1.29, 1.82) is 0 Å². The van der Waals surface area contributed by atoms with E-state index in [4.69, 9.17) is 9.72 Å². The van der Waals surface area contributed by atoms with Crippen molar-refractivity contribution in [3.63, 3.8) is 0 Å². The van der Waals surface area contributed by atoms with Crippen LogP contribution in [0.15, 0.2) is 174 Å². The van der Waals surface area contributed by atoms with Crippen molar-refractivity contribution in [2.75, 3.05) is 9.80 Å². The first-order valence-electron chi connectivity index (χ1n) is 19.0. The molecule has 0 spiro atoms. The van der Waals surface area contributed by atoms with E-state index in [1.807, 2.05) is 18.2 Å². The van der Waals surface area contributed by atoms with Gasteiger partial charge < -0.3 is 4.90 Å². The van der Waals surface area contributed by atoms with Gasteiger partial charge in [-0.05, 0) is 23.3 Å². The van der Waals surface area contributed by atoms with Gasteiger partial charge in [0.2, 0.25) is 0 Å². The van der Waals surface area contributed by atoms with Crippen LogP contribution >= 0.6 is 0 Å². The molecule has 7 heteroatoms. The summed E-state index contributed by atoms with van der Waals surface area (Å²) in [7, 11) is 0. The van der Waals surface area contributed by atoms with Gasteiger partial charge in [-0.1, -0.05) is 91.0 Å². The molecular formula is C51H33N4OPtTe-3. The normalized spacial score (nSPS) is 12.3. The van der Waals surface area contributed by atoms with Crippen LogP contribution in [0.4, 0.5) is 22.7 Å². The van der Waals surface area contributed by atoms with Crippen LogP contribution in [0.3, 0.4) is 0 Å². The molecule has 3 aromatic heterocycles. The molecule has 0 atom stereocenters. The van der Waals surface area contributed by atoms with Crippen molar-refractivity contribution in [2.45, 2.75) is 6.92 Å². The molecule has 1 aliphatic heterocycles. The Balaban J connectivity index is 0.00000408. The van der Waals surface area contributed by atoms with Crippen LogP contribution in [-0.2, 0) is 21.1 Å². The van der Waals surface area contributed by atoms with E-state index in [-0.39, 0.29) is 21.1 Å². The minimum absolute atomic E-state index is 0. The van der Waals surface area contributed by atoms with Gasteiger partial charge in [0.15, 0.2) is 0 Å². The van der Waals surface area contributed by atoms with E-state index in [0.717, 1.165) is 72.6 Å². The first-order valence-corrected chi connectivity index (χ1v) is 21.5. The van der Waals surface area contributed by atoms with Crippen LogP contribution in [0, 0.1) is 25.7 Å². The average Bonchev–Trinajstić information content (AvgIpc) is 3.99. The zero-order valence-electron chi connectivity index (χ0n) is 31.2. The fourth-order valence-corrected chi connectivity index (χ4v) is 10.5. The second-order valence-electron chi connectivity index (χ2n) is 14.2. The Kier molecular flexibility index (Phi) is 9.51. The van der Waals surface area contributed by atoms with E-state index in [9.17, 15) is 0 Å². The predicted molar refractivity (Wildman–Crippen MR) is 234 cm³/mol. The summed E-state index contributed by atoms with van der Waals surface area (Å²) in [4.78, 5) is 9.71. The summed E-state index contributed by atoms with van der Waals surface area (Å²) < 4.78 is 12.4. The van der Waals surface area contributed by atoms with Crippen LogP contribution in [0.1, 0.15) is 5.56 Å². The SMILES string of the molecule is Cc1cc(-n2c3[c-]c(Oc4[c-]c(N5[CH-]N(c6c(-c7ccccc7)cccc6-c6ccccc6)c6ccccc65)ccc4)ccc3c3ccccc32)nc2[te]ccc12.[Pt]. The van der Waals surface area contributed by atoms with Crippen LogP contribution < -0.4 is 14.5 Å². The van der Waals surface area contributed by atoms with Crippen LogP contribution in [0.2, 0.25) is 0 Å². The number of hydrogen-bond donors (Lipinski definition) is 0. The summed E-state index contributed by atoms with van der Waals surface area (Å²) in [5, 5.41) is 3.55. The topological polar surface area (TPSA) is 33.5 Å². The van der Waals surface area contributed by atoms with Gasteiger partial charge in [-0.15, -0.1) is 6.67 Å². The van der Waals surface area contributed by atoms with Crippen molar-refractivity contribution in [1.82, 2.24) is 9.55 Å². The molecule has 0 amide bonds. The van der Waals surface area contributed by atoms with Crippen molar-refractivity contribution in [2.24, 2.45) is 0 Å². The molecular weight excluding hydrogens is 1010 g/mol. The number of pyridine rings is 1. The maximum Gasteiger partial charge on any atom is 0 e. The fraction of sp³-hybridized carbons (Fsp3) is 0.0196. The van der Waals surface area contributed by atoms with Crippen LogP contribution in [0.5, 0.6) is 11.5 Å². The van der Waals surface area contributed by atoms with Crippen molar-refractivity contribution in [3.8, 4) is 39.6 Å². The van der Waals surface area contributed by atoms with Gasteiger partial charge in [0.1, 0.15) is 0 Å². The number of rotatable bonds is 7. The number of benzene rings is 7. The molecule has 0 saturated heterocycles. The summed E-state index contributed by atoms with van der Waals surface area (Å²) in [5.74, 6) is 2.14. The van der Waals surface area contributed by atoms with Crippen molar-refractivity contribution < 1.29 is 25.8 Å². The molecule has 0 bridgehead atoms. The second kappa shape index (κ2) is 15.1. The van der Waals surface area contributed by atoms with Gasteiger partial charge >= 0.3 is 189 Å². The Morgan fingerprint density at radius 2 is 1.24 bits per heavy atom. The molecule has 11 rings (SSSR count). The summed E-state index contributed by atoms with van der Waals surface area (Å²) in [5.41, 5.74) is 12.0. The first kappa shape index (κ1) is 36.4. The molecule has 0 aliphatic carbocycles. The molecule has 10 aromatic rings. The molecule has 0 radical (unpaired) electrons. The summed E-state index contributed by atoms with van der Waals surface area (Å²) in [6.45, 7) is 4.36. The Morgan fingerprint density at radius 3 is 2.00 bits per heavy atom. The number of fused-ring (bicyclic) bond motifs is 5. The number of aromatic nitrogens is 2. The molecule has 4 heterocycles. The van der Waals surface area contributed by atoms with Crippen LogP contribution in [-0.4, -0.2) is 30.0 Å². The van der Waals surface area contributed by atoms with Crippen molar-refractivity contribution >= 4 is 73.9 Å². The summed E-state index contributed by atoms with van der Waals surface area (Å²) in [6.07, 6.45) is 0. The van der Waals surface area contributed by atoms with E-state index in [0.29, 0.717) is 11.5 Å². The molecule has 0 saturated carbocycles. The summed E-state index contributed by atoms with van der Waals surface area (Å²) >= 11 is -0.433. The minimum Gasteiger partial charge on any atom is 0 e. The fourth-order valence-electron chi connectivity index (χ4n) is 8.12. The van der Waals surface area contributed by atoms with Gasteiger partial charge in [-0.2, -0.15) is 0 Å². The third kappa shape index (κ3) is 6.24. The molecule has 0 N–H and O–H groups in total. The Morgan fingerprint density at radius 1 is 0.586 bits per heavy atom. The maximum absolute atomic E-state index is 6.62. The molecule has 58 heavy (non-hydrogen) atoms. The Labute approximate surface area is 361 Å². The smallest absolute Gasteiger partial charge is 0 e. The van der Waals surface area contributed by atoms with E-state index in [1.165, 1.54) is 14.5 Å². The average molecular weight is 1040 g/mol. The van der Waals surface area contributed by atoms with Crippen molar-refractivity contribution in [3.05, 3.63) is 198 Å². The molecule has 282 valence electrons. The Hall–Kier alpha value is -5.89. The maximum atomic E-state index is 6.62. The standard InChI is InChI=1S/C51H33N4OTe.Pt/c1-34-30-49(52-51-40(34)28-29-57-51)55-45-23-9-8-20-43(45)44-27-26-39(32-48(44)55)56-38-19-12-18-37(31-38)53-33-54(47-25-11-10-24-46(47)53)50-41(35-14-4-2-5-15-35)21-13-22-42(50)36-16-6-3-7-17-36;/h2-30,33H,1H3;/q-3;. The second-order valence-corrected chi connectivity index (χ2v) is 16.7. The van der Waals surface area contributed by atoms with Gasteiger partial charge in [-0.3, -0.25) is 0 Å². The van der Waals surface area contributed by atoms with E-state index >= 15 is 0 Å². The third-order valence-corrected chi connectivity index (χ3v) is 13.0. The predicted octanol–water partition coefficient (Wildman–Crippen LogP) is 12.8. The van der Waals surface area contributed by atoms with Crippen LogP contribution in [0.25, 0.3) is 58.8 Å². The molecule has 0 unspecified atom stereocenters. The zero-order valence-corrected chi connectivity index (χ0v) is 35.8. The molecule has 7 aromatic carbocycles. The minimum atomic E-state index is -0.433. The number of anilines is 4. The van der Waals surface area contributed by atoms with Gasteiger partial charge in [0, 0.05) is 49.3 Å². The number of ether oxygens (including phenoxy) is 1. The van der Waals surface area contributed by atoms with Gasteiger partial charge in [0.25, 0.3) is 0 Å². The Bertz CT molecular complexity index is 3060. The molecule has 0 fully saturated rings. The number of aryl methyl sites for hydroxylation is 1. The van der Waals surface area contributed by atoms with E-state index in [1.54, 1.807) is 0 Å².